The van der Waals surface area contributed by atoms with E-state index in [1.54, 1.807) is 0 Å². The van der Waals surface area contributed by atoms with E-state index in [1.807, 2.05) is 42.5 Å². The van der Waals surface area contributed by atoms with Gasteiger partial charge in [0.2, 0.25) is 0 Å². The molecule has 1 aliphatic rings. The van der Waals surface area contributed by atoms with Gasteiger partial charge < -0.3 is 4.74 Å². The molecule has 3 rings (SSSR count). The zero-order valence-corrected chi connectivity index (χ0v) is 14.2. The Morgan fingerprint density at radius 3 is 2.64 bits per heavy atom. The van der Waals surface area contributed by atoms with E-state index in [4.69, 9.17) is 4.74 Å². The van der Waals surface area contributed by atoms with Crippen molar-refractivity contribution in [2.24, 2.45) is 0 Å². The molecule has 3 heteroatoms. The Balaban J connectivity index is 1.52. The maximum Gasteiger partial charge on any atom is 0.310 e. The molecule has 0 saturated carbocycles. The van der Waals surface area contributed by atoms with Crippen LogP contribution in [0.4, 0.5) is 4.39 Å². The van der Waals surface area contributed by atoms with Crippen LogP contribution in [0.3, 0.4) is 0 Å². The van der Waals surface area contributed by atoms with Gasteiger partial charge in [-0.25, -0.2) is 4.39 Å². The Morgan fingerprint density at radius 2 is 1.92 bits per heavy atom. The van der Waals surface area contributed by atoms with Crippen molar-refractivity contribution in [3.63, 3.8) is 0 Å². The van der Waals surface area contributed by atoms with Crippen LogP contribution < -0.4 is 0 Å². The molecule has 2 aromatic rings. The Morgan fingerprint density at radius 1 is 1.08 bits per heavy atom. The maximum atomic E-state index is 14.4. The molecule has 0 unspecified atom stereocenters. The summed E-state index contributed by atoms with van der Waals surface area (Å²) in [6.07, 6.45) is 8.22. The number of esters is 1. The second-order valence-corrected chi connectivity index (χ2v) is 6.29. The smallest absolute Gasteiger partial charge is 0.310 e. The molecule has 0 aromatic heterocycles. The van der Waals surface area contributed by atoms with Gasteiger partial charge in [-0.15, -0.1) is 0 Å². The SMILES string of the molecule is O=C([CH]Cc1ccc(C2=CCCCC2)c(F)c1)OCc1ccccc1. The van der Waals surface area contributed by atoms with Crippen molar-refractivity contribution in [3.8, 4) is 0 Å². The zero-order chi connectivity index (χ0) is 17.5. The second kappa shape index (κ2) is 8.61. The van der Waals surface area contributed by atoms with Crippen LogP contribution in [0.25, 0.3) is 5.57 Å². The van der Waals surface area contributed by atoms with E-state index in [0.29, 0.717) is 12.0 Å². The number of hydrogen-bond acceptors (Lipinski definition) is 2. The Kier molecular flexibility index (Phi) is 5.99. The number of hydrogen-bond donors (Lipinski definition) is 0. The van der Waals surface area contributed by atoms with E-state index < -0.39 is 0 Å². The number of halogens is 1. The molecule has 0 amide bonds. The molecule has 25 heavy (non-hydrogen) atoms. The predicted octanol–water partition coefficient (Wildman–Crippen LogP) is 5.27. The number of carbonyl (C=O) groups excluding carboxylic acids is 1. The third-order valence-electron chi connectivity index (χ3n) is 4.40. The lowest BCUT2D eigenvalue weighted by Gasteiger charge is -2.14. The maximum absolute atomic E-state index is 14.4. The first-order chi connectivity index (χ1) is 12.2. The molecule has 1 aliphatic carbocycles. The lowest BCUT2D eigenvalue weighted by atomic mass is 9.92. The van der Waals surface area contributed by atoms with Crippen molar-refractivity contribution >= 4 is 11.5 Å². The van der Waals surface area contributed by atoms with E-state index in [-0.39, 0.29) is 18.4 Å². The van der Waals surface area contributed by atoms with Gasteiger partial charge >= 0.3 is 5.97 Å². The molecule has 0 bridgehead atoms. The summed E-state index contributed by atoms with van der Waals surface area (Å²) in [6.45, 7) is 0.248. The molecular formula is C22H22FO2. The molecule has 0 spiro atoms. The summed E-state index contributed by atoms with van der Waals surface area (Å²) in [7, 11) is 0. The largest absolute Gasteiger partial charge is 0.461 e. The van der Waals surface area contributed by atoms with Crippen LogP contribution >= 0.6 is 0 Å². The minimum absolute atomic E-state index is 0.211. The number of benzene rings is 2. The average molecular weight is 337 g/mol. The van der Waals surface area contributed by atoms with Gasteiger partial charge in [-0.2, -0.15) is 0 Å². The minimum Gasteiger partial charge on any atom is -0.461 e. The van der Waals surface area contributed by atoms with Crippen LogP contribution in [0.15, 0.2) is 54.6 Å². The van der Waals surface area contributed by atoms with Crippen molar-refractivity contribution in [1.82, 2.24) is 0 Å². The molecule has 0 aliphatic heterocycles. The van der Waals surface area contributed by atoms with Crippen molar-refractivity contribution in [2.75, 3.05) is 0 Å². The fraction of sp³-hybridized carbons (Fsp3) is 0.273. The third kappa shape index (κ3) is 5.02. The van der Waals surface area contributed by atoms with Gasteiger partial charge in [-0.1, -0.05) is 48.5 Å². The lowest BCUT2D eigenvalue weighted by Crippen LogP contribution is -2.07. The molecule has 2 aromatic carbocycles. The van der Waals surface area contributed by atoms with Gasteiger partial charge in [0.25, 0.3) is 0 Å². The van der Waals surface area contributed by atoms with Crippen LogP contribution in [0.5, 0.6) is 0 Å². The Labute approximate surface area is 148 Å². The topological polar surface area (TPSA) is 26.3 Å². The molecular weight excluding hydrogens is 315 g/mol. The molecule has 0 saturated heterocycles. The predicted molar refractivity (Wildman–Crippen MR) is 97.1 cm³/mol. The monoisotopic (exact) mass is 337 g/mol. The quantitative estimate of drug-likeness (QED) is 0.671. The summed E-state index contributed by atoms with van der Waals surface area (Å²) >= 11 is 0. The molecule has 1 radical (unpaired) electrons. The van der Waals surface area contributed by atoms with Gasteiger partial charge in [0.1, 0.15) is 12.4 Å². The highest BCUT2D eigenvalue weighted by Gasteiger charge is 2.12. The summed E-state index contributed by atoms with van der Waals surface area (Å²) in [5.74, 6) is -0.597. The van der Waals surface area contributed by atoms with E-state index in [1.165, 1.54) is 18.9 Å². The normalized spacial score (nSPS) is 14.0. The molecule has 129 valence electrons. The highest BCUT2D eigenvalue weighted by molar-refractivity contribution is 5.79. The van der Waals surface area contributed by atoms with Crippen LogP contribution in [-0.4, -0.2) is 5.97 Å². The first-order valence-corrected chi connectivity index (χ1v) is 8.74. The third-order valence-corrected chi connectivity index (χ3v) is 4.40. The fourth-order valence-corrected chi connectivity index (χ4v) is 3.02. The van der Waals surface area contributed by atoms with Crippen molar-refractivity contribution in [3.05, 3.63) is 83.5 Å². The summed E-state index contributed by atoms with van der Waals surface area (Å²) in [6, 6.07) is 14.8. The van der Waals surface area contributed by atoms with Crippen LogP contribution in [0.2, 0.25) is 0 Å². The fourth-order valence-electron chi connectivity index (χ4n) is 3.02. The van der Waals surface area contributed by atoms with Crippen molar-refractivity contribution in [2.45, 2.75) is 38.7 Å². The standard InChI is InChI=1S/C22H22FO2/c23-21-15-17(11-13-20(21)19-9-5-2-6-10-19)12-14-22(24)25-16-18-7-3-1-4-8-18/h1,3-4,7-9,11,13-15H,2,5-6,10,12,16H2. The molecule has 0 atom stereocenters. The van der Waals surface area contributed by atoms with Gasteiger partial charge in [0.05, 0.1) is 6.42 Å². The van der Waals surface area contributed by atoms with E-state index in [9.17, 15) is 9.18 Å². The first-order valence-electron chi connectivity index (χ1n) is 8.74. The molecule has 0 fully saturated rings. The summed E-state index contributed by atoms with van der Waals surface area (Å²) in [5.41, 5.74) is 3.51. The highest BCUT2D eigenvalue weighted by atomic mass is 19.1. The first kappa shape index (κ1) is 17.4. The zero-order valence-electron chi connectivity index (χ0n) is 14.2. The van der Waals surface area contributed by atoms with Crippen LogP contribution in [-0.2, 0) is 22.6 Å². The highest BCUT2D eigenvalue weighted by Crippen LogP contribution is 2.29. The summed E-state index contributed by atoms with van der Waals surface area (Å²) < 4.78 is 19.6. The van der Waals surface area contributed by atoms with Gasteiger partial charge in [0, 0.05) is 5.56 Å². The molecule has 0 heterocycles. The summed E-state index contributed by atoms with van der Waals surface area (Å²) in [5, 5.41) is 0. The van der Waals surface area contributed by atoms with Crippen molar-refractivity contribution < 1.29 is 13.9 Å². The van der Waals surface area contributed by atoms with Gasteiger partial charge in [-0.3, -0.25) is 4.79 Å². The molecule has 2 nitrogen and oxygen atoms in total. The second-order valence-electron chi connectivity index (χ2n) is 6.29. The van der Waals surface area contributed by atoms with Gasteiger partial charge in [-0.05, 0) is 54.9 Å². The number of rotatable bonds is 6. The number of allylic oxidation sites excluding steroid dienone is 2. The van der Waals surface area contributed by atoms with Crippen LogP contribution in [0, 0.1) is 12.2 Å². The van der Waals surface area contributed by atoms with Crippen LogP contribution in [0.1, 0.15) is 42.4 Å². The van der Waals surface area contributed by atoms with Gasteiger partial charge in [0.15, 0.2) is 0 Å². The molecule has 0 N–H and O–H groups in total. The Bertz CT molecular complexity index is 750. The lowest BCUT2D eigenvalue weighted by molar-refractivity contribution is -0.140. The summed E-state index contributed by atoms with van der Waals surface area (Å²) in [4.78, 5) is 11.8. The minimum atomic E-state index is -0.386. The van der Waals surface area contributed by atoms with Crippen molar-refractivity contribution in [1.29, 1.82) is 0 Å². The Hall–Kier alpha value is -2.42. The average Bonchev–Trinajstić information content (AvgIpc) is 2.66. The van der Waals surface area contributed by atoms with E-state index in [0.717, 1.165) is 36.0 Å². The van der Waals surface area contributed by atoms with E-state index >= 15 is 0 Å². The number of carbonyl (C=O) groups is 1. The number of ether oxygens (including phenoxy) is 1. The van der Waals surface area contributed by atoms with E-state index in [2.05, 4.69) is 6.08 Å².